The van der Waals surface area contributed by atoms with Crippen LogP contribution >= 0.6 is 11.3 Å². The van der Waals surface area contributed by atoms with E-state index in [4.69, 9.17) is 4.74 Å². The van der Waals surface area contributed by atoms with Crippen LogP contribution < -0.4 is 10.6 Å². The van der Waals surface area contributed by atoms with Gasteiger partial charge in [-0.1, -0.05) is 13.0 Å². The first kappa shape index (κ1) is 15.3. The fraction of sp³-hybridized carbons (Fsp3) is 0.667. The van der Waals surface area contributed by atoms with Gasteiger partial charge in [-0.15, -0.1) is 11.3 Å². The van der Waals surface area contributed by atoms with E-state index < -0.39 is 0 Å². The van der Waals surface area contributed by atoms with Crippen LogP contribution in [0.3, 0.4) is 0 Å². The fourth-order valence-electron chi connectivity index (χ4n) is 2.51. The third-order valence-electron chi connectivity index (χ3n) is 3.93. The second kappa shape index (κ2) is 7.64. The Morgan fingerprint density at radius 2 is 2.20 bits per heavy atom. The third-order valence-corrected chi connectivity index (χ3v) is 5.03. The Balaban J connectivity index is 1.69. The summed E-state index contributed by atoms with van der Waals surface area (Å²) in [7, 11) is 0. The molecule has 0 aromatic carbocycles. The predicted molar refractivity (Wildman–Crippen MR) is 82.3 cm³/mol. The van der Waals surface area contributed by atoms with E-state index in [1.807, 2.05) is 6.07 Å². The number of ether oxygens (including phenoxy) is 1. The van der Waals surface area contributed by atoms with Crippen LogP contribution in [0, 0.1) is 5.92 Å². The molecule has 0 aliphatic carbocycles. The van der Waals surface area contributed by atoms with E-state index >= 15 is 0 Å². The number of carbonyl (C=O) groups is 1. The van der Waals surface area contributed by atoms with Crippen molar-refractivity contribution in [3.8, 4) is 0 Å². The second-order valence-electron chi connectivity index (χ2n) is 5.51. The lowest BCUT2D eigenvalue weighted by atomic mass is 9.93. The number of carbonyl (C=O) groups excluding carboxylic acids is 1. The summed E-state index contributed by atoms with van der Waals surface area (Å²) in [6.45, 7) is 6.51. The monoisotopic (exact) mass is 296 g/mol. The maximum atomic E-state index is 11.9. The first-order valence-electron chi connectivity index (χ1n) is 7.32. The molecule has 2 heterocycles. The lowest BCUT2D eigenvalue weighted by molar-refractivity contribution is 0.0571. The average molecular weight is 296 g/mol. The molecule has 0 saturated carbocycles. The fourth-order valence-corrected chi connectivity index (χ4v) is 3.30. The van der Waals surface area contributed by atoms with Gasteiger partial charge in [-0.3, -0.25) is 0 Å². The highest BCUT2D eigenvalue weighted by Gasteiger charge is 2.21. The molecule has 1 aromatic rings. The Morgan fingerprint density at radius 1 is 1.45 bits per heavy atom. The Bertz CT molecular complexity index is 402. The van der Waals surface area contributed by atoms with Crippen molar-refractivity contribution >= 4 is 17.4 Å². The largest absolute Gasteiger partial charge is 0.381 e. The minimum Gasteiger partial charge on any atom is -0.381 e. The van der Waals surface area contributed by atoms with Gasteiger partial charge in [-0.05, 0) is 37.1 Å². The zero-order valence-corrected chi connectivity index (χ0v) is 13.0. The molecule has 2 rings (SSSR count). The molecule has 20 heavy (non-hydrogen) atoms. The molecule has 2 amide bonds. The standard InChI is InChI=1S/C15H24N2O2S/c1-11(14-4-3-9-20-14)10-16-15(18)17-12(2)13-5-7-19-8-6-13/h3-4,9,11-13H,5-8,10H2,1-2H3,(H2,16,17,18)/t11-,12-/m1/s1. The average Bonchev–Trinajstić information content (AvgIpc) is 3.00. The van der Waals surface area contributed by atoms with Crippen molar-refractivity contribution < 1.29 is 9.53 Å². The maximum Gasteiger partial charge on any atom is 0.315 e. The summed E-state index contributed by atoms with van der Waals surface area (Å²) in [6, 6.07) is 4.30. The molecule has 1 aromatic heterocycles. The van der Waals surface area contributed by atoms with E-state index in [1.54, 1.807) is 11.3 Å². The summed E-state index contributed by atoms with van der Waals surface area (Å²) in [5.74, 6) is 0.892. The quantitative estimate of drug-likeness (QED) is 0.877. The van der Waals surface area contributed by atoms with E-state index in [2.05, 4.69) is 35.9 Å². The molecule has 0 unspecified atom stereocenters. The topological polar surface area (TPSA) is 50.4 Å². The van der Waals surface area contributed by atoms with Gasteiger partial charge in [-0.25, -0.2) is 4.79 Å². The number of nitrogens with one attached hydrogen (secondary N) is 2. The van der Waals surface area contributed by atoms with Crippen molar-refractivity contribution in [2.75, 3.05) is 19.8 Å². The molecule has 1 saturated heterocycles. The molecule has 0 radical (unpaired) electrons. The van der Waals surface area contributed by atoms with Gasteiger partial charge >= 0.3 is 6.03 Å². The molecule has 4 nitrogen and oxygen atoms in total. The molecule has 1 aliphatic rings. The normalized spacial score (nSPS) is 19.3. The van der Waals surface area contributed by atoms with Crippen molar-refractivity contribution in [1.29, 1.82) is 0 Å². The minimum atomic E-state index is -0.0626. The van der Waals surface area contributed by atoms with Gasteiger partial charge in [0.15, 0.2) is 0 Å². The molecule has 0 bridgehead atoms. The van der Waals surface area contributed by atoms with Crippen LogP contribution in [0.2, 0.25) is 0 Å². The van der Waals surface area contributed by atoms with Crippen LogP contribution in [0.1, 0.15) is 37.5 Å². The summed E-state index contributed by atoms with van der Waals surface area (Å²) < 4.78 is 5.35. The molecule has 0 spiro atoms. The molecule has 1 aliphatic heterocycles. The van der Waals surface area contributed by atoms with Crippen LogP contribution in [0.4, 0.5) is 4.79 Å². The Morgan fingerprint density at radius 3 is 2.85 bits per heavy atom. The maximum absolute atomic E-state index is 11.9. The molecule has 2 atom stereocenters. The molecule has 5 heteroatoms. The van der Waals surface area contributed by atoms with E-state index in [9.17, 15) is 4.79 Å². The van der Waals surface area contributed by atoms with E-state index in [1.165, 1.54) is 4.88 Å². The SMILES string of the molecule is C[C@H](CNC(=O)N[C@H](C)C1CCOCC1)c1cccs1. The third kappa shape index (κ3) is 4.49. The van der Waals surface area contributed by atoms with E-state index in [0.29, 0.717) is 18.4 Å². The Labute approximate surface area is 124 Å². The summed E-state index contributed by atoms with van der Waals surface area (Å²) in [5, 5.41) is 8.08. The first-order valence-corrected chi connectivity index (χ1v) is 8.20. The van der Waals surface area contributed by atoms with Gasteiger partial charge in [-0.2, -0.15) is 0 Å². The number of amides is 2. The van der Waals surface area contributed by atoms with Crippen molar-refractivity contribution in [3.05, 3.63) is 22.4 Å². The summed E-state index contributed by atoms with van der Waals surface area (Å²) in [6.07, 6.45) is 2.07. The minimum absolute atomic E-state index is 0.0626. The number of rotatable bonds is 5. The number of thiophene rings is 1. The lowest BCUT2D eigenvalue weighted by Crippen LogP contribution is -2.46. The van der Waals surface area contributed by atoms with Crippen LogP contribution in [0.15, 0.2) is 17.5 Å². The van der Waals surface area contributed by atoms with Gasteiger partial charge < -0.3 is 15.4 Å². The van der Waals surface area contributed by atoms with Gasteiger partial charge in [0.25, 0.3) is 0 Å². The van der Waals surface area contributed by atoms with E-state index in [-0.39, 0.29) is 12.1 Å². The highest BCUT2D eigenvalue weighted by Crippen LogP contribution is 2.20. The van der Waals surface area contributed by atoms with Gasteiger partial charge in [0.2, 0.25) is 0 Å². The van der Waals surface area contributed by atoms with Crippen molar-refractivity contribution in [2.45, 2.75) is 38.6 Å². The van der Waals surface area contributed by atoms with Crippen LogP contribution in [-0.4, -0.2) is 31.8 Å². The van der Waals surface area contributed by atoms with Gasteiger partial charge in [0.1, 0.15) is 0 Å². The summed E-state index contributed by atoms with van der Waals surface area (Å²) in [4.78, 5) is 13.2. The Kier molecular flexibility index (Phi) is 5.86. The number of hydrogen-bond donors (Lipinski definition) is 2. The molecule has 112 valence electrons. The molecular weight excluding hydrogens is 272 g/mol. The smallest absolute Gasteiger partial charge is 0.315 e. The molecular formula is C15H24N2O2S. The van der Waals surface area contributed by atoms with Gasteiger partial charge in [0, 0.05) is 36.6 Å². The number of urea groups is 1. The highest BCUT2D eigenvalue weighted by molar-refractivity contribution is 7.10. The van der Waals surface area contributed by atoms with Crippen LogP contribution in [-0.2, 0) is 4.74 Å². The predicted octanol–water partition coefficient (Wildman–Crippen LogP) is 2.97. The molecule has 2 N–H and O–H groups in total. The number of hydrogen-bond acceptors (Lipinski definition) is 3. The summed E-state index contributed by atoms with van der Waals surface area (Å²) in [5.41, 5.74) is 0. The lowest BCUT2D eigenvalue weighted by Gasteiger charge is -2.28. The van der Waals surface area contributed by atoms with Crippen LogP contribution in [0.5, 0.6) is 0 Å². The Hall–Kier alpha value is -1.07. The van der Waals surface area contributed by atoms with Crippen molar-refractivity contribution in [1.82, 2.24) is 10.6 Å². The van der Waals surface area contributed by atoms with Crippen molar-refractivity contribution in [2.24, 2.45) is 5.92 Å². The summed E-state index contributed by atoms with van der Waals surface area (Å²) >= 11 is 1.73. The van der Waals surface area contributed by atoms with Crippen molar-refractivity contribution in [3.63, 3.8) is 0 Å². The highest BCUT2D eigenvalue weighted by atomic mass is 32.1. The first-order chi connectivity index (χ1) is 9.66. The van der Waals surface area contributed by atoms with Crippen LogP contribution in [0.25, 0.3) is 0 Å². The zero-order valence-electron chi connectivity index (χ0n) is 12.2. The second-order valence-corrected chi connectivity index (χ2v) is 6.49. The zero-order chi connectivity index (χ0) is 14.4. The van der Waals surface area contributed by atoms with E-state index in [0.717, 1.165) is 26.1 Å². The van der Waals surface area contributed by atoms with Gasteiger partial charge in [0.05, 0.1) is 0 Å². The molecule has 1 fully saturated rings.